The minimum Gasteiger partial charge on any atom is -0.478 e. The number of hydrogen-bond donors (Lipinski definition) is 1. The summed E-state index contributed by atoms with van der Waals surface area (Å²) in [6.45, 7) is 5.43. The molecule has 98 valence electrons. The summed E-state index contributed by atoms with van der Waals surface area (Å²) < 4.78 is 0.655. The maximum atomic E-state index is 11.0. The number of benzene rings is 1. The van der Waals surface area contributed by atoms with Crippen molar-refractivity contribution < 1.29 is 9.90 Å². The van der Waals surface area contributed by atoms with Crippen LogP contribution < -0.4 is 4.90 Å². The Hall–Kier alpha value is -1.03. The molecule has 1 aliphatic carbocycles. The number of anilines is 1. The van der Waals surface area contributed by atoms with Crippen LogP contribution in [0.15, 0.2) is 22.7 Å². The predicted molar refractivity (Wildman–Crippen MR) is 76.3 cm³/mol. The summed E-state index contributed by atoms with van der Waals surface area (Å²) in [6, 6.07) is 6.14. The van der Waals surface area contributed by atoms with E-state index in [0.29, 0.717) is 22.0 Å². The zero-order chi connectivity index (χ0) is 13.3. The van der Waals surface area contributed by atoms with Crippen molar-refractivity contribution in [2.45, 2.75) is 32.7 Å². The maximum absolute atomic E-state index is 11.0. The van der Waals surface area contributed by atoms with E-state index in [9.17, 15) is 4.79 Å². The van der Waals surface area contributed by atoms with E-state index in [4.69, 9.17) is 5.11 Å². The Morgan fingerprint density at radius 2 is 2.17 bits per heavy atom. The van der Waals surface area contributed by atoms with Crippen molar-refractivity contribution in [3.8, 4) is 0 Å². The Kier molecular flexibility index (Phi) is 3.95. The molecule has 1 aromatic carbocycles. The molecular weight excluding hydrogens is 294 g/mol. The highest BCUT2D eigenvalue weighted by Gasteiger charge is 2.29. The lowest BCUT2D eigenvalue weighted by atomic mass is 10.1. The molecule has 0 atom stereocenters. The molecular formula is C14H18BrNO2. The summed E-state index contributed by atoms with van der Waals surface area (Å²) in [5.41, 5.74) is 1.43. The van der Waals surface area contributed by atoms with Crippen LogP contribution in [-0.2, 0) is 0 Å². The third-order valence-electron chi connectivity index (χ3n) is 3.06. The third-order valence-corrected chi connectivity index (χ3v) is 3.72. The maximum Gasteiger partial charge on any atom is 0.336 e. The van der Waals surface area contributed by atoms with Crippen molar-refractivity contribution in [1.82, 2.24) is 0 Å². The van der Waals surface area contributed by atoms with E-state index in [0.717, 1.165) is 12.2 Å². The zero-order valence-corrected chi connectivity index (χ0v) is 12.3. The lowest BCUT2D eigenvalue weighted by Crippen LogP contribution is -2.29. The van der Waals surface area contributed by atoms with Gasteiger partial charge in [-0.25, -0.2) is 4.79 Å². The molecule has 1 aromatic rings. The minimum atomic E-state index is -0.893. The summed E-state index contributed by atoms with van der Waals surface area (Å²) in [6.07, 6.45) is 2.48. The van der Waals surface area contributed by atoms with Crippen molar-refractivity contribution in [2.24, 2.45) is 5.92 Å². The predicted octanol–water partition coefficient (Wildman–Crippen LogP) is 3.77. The minimum absolute atomic E-state index is 0.319. The van der Waals surface area contributed by atoms with Gasteiger partial charge in [0.05, 0.1) is 5.56 Å². The molecule has 4 heteroatoms. The first-order valence-electron chi connectivity index (χ1n) is 6.28. The molecule has 0 radical (unpaired) electrons. The van der Waals surface area contributed by atoms with Crippen LogP contribution in [0.25, 0.3) is 0 Å². The molecule has 1 fully saturated rings. The second-order valence-electron chi connectivity index (χ2n) is 5.25. The van der Waals surface area contributed by atoms with Crippen LogP contribution in [0.1, 0.15) is 37.0 Å². The van der Waals surface area contributed by atoms with Crippen LogP contribution in [0, 0.1) is 5.92 Å². The van der Waals surface area contributed by atoms with Crippen LogP contribution in [-0.4, -0.2) is 23.7 Å². The topological polar surface area (TPSA) is 40.5 Å². The number of rotatable bonds is 5. The molecule has 2 rings (SSSR count). The van der Waals surface area contributed by atoms with E-state index >= 15 is 0 Å². The van der Waals surface area contributed by atoms with E-state index in [1.807, 2.05) is 12.1 Å². The number of hydrogen-bond acceptors (Lipinski definition) is 2. The highest BCUT2D eigenvalue weighted by molar-refractivity contribution is 9.10. The molecule has 1 saturated carbocycles. The number of nitrogens with zero attached hydrogens (tertiary/aromatic N) is 1. The molecule has 18 heavy (non-hydrogen) atoms. The van der Waals surface area contributed by atoms with Gasteiger partial charge in [0.15, 0.2) is 0 Å². The Morgan fingerprint density at radius 3 is 2.61 bits per heavy atom. The van der Waals surface area contributed by atoms with Gasteiger partial charge in [0.2, 0.25) is 0 Å². The fourth-order valence-corrected chi connectivity index (χ4v) is 2.64. The monoisotopic (exact) mass is 311 g/mol. The van der Waals surface area contributed by atoms with Gasteiger partial charge in [0.1, 0.15) is 0 Å². The van der Waals surface area contributed by atoms with E-state index < -0.39 is 5.97 Å². The first-order valence-corrected chi connectivity index (χ1v) is 7.08. The van der Waals surface area contributed by atoms with Gasteiger partial charge < -0.3 is 10.0 Å². The number of carboxylic acid groups (broad SMARTS) is 1. The quantitative estimate of drug-likeness (QED) is 0.899. The molecule has 0 amide bonds. The second kappa shape index (κ2) is 5.31. The van der Waals surface area contributed by atoms with Crippen molar-refractivity contribution in [3.05, 3.63) is 28.2 Å². The Balaban J connectivity index is 2.25. The lowest BCUT2D eigenvalue weighted by molar-refractivity contribution is 0.0696. The molecule has 0 heterocycles. The fraction of sp³-hybridized carbons (Fsp3) is 0.500. The van der Waals surface area contributed by atoms with Gasteiger partial charge in [-0.3, -0.25) is 0 Å². The Morgan fingerprint density at radius 1 is 1.50 bits per heavy atom. The standard InChI is InChI=1S/C14H18BrNO2/c1-9(2)8-16(10-3-4-10)11-5-6-12(14(17)18)13(15)7-11/h5-7,9-10H,3-4,8H2,1-2H3,(H,17,18). The third kappa shape index (κ3) is 3.05. The summed E-state index contributed by atoms with van der Waals surface area (Å²) in [7, 11) is 0. The van der Waals surface area contributed by atoms with Gasteiger partial charge in [0, 0.05) is 22.7 Å². The molecule has 0 saturated heterocycles. The zero-order valence-electron chi connectivity index (χ0n) is 10.7. The van der Waals surface area contributed by atoms with Gasteiger partial charge in [-0.1, -0.05) is 13.8 Å². The molecule has 1 aliphatic rings. The highest BCUT2D eigenvalue weighted by Crippen LogP contribution is 2.34. The number of halogens is 1. The van der Waals surface area contributed by atoms with Crippen LogP contribution in [0.5, 0.6) is 0 Å². The van der Waals surface area contributed by atoms with E-state index in [1.165, 1.54) is 12.8 Å². The summed E-state index contributed by atoms with van der Waals surface area (Å²) in [4.78, 5) is 13.4. The van der Waals surface area contributed by atoms with Gasteiger partial charge in [-0.2, -0.15) is 0 Å². The first kappa shape index (κ1) is 13.4. The highest BCUT2D eigenvalue weighted by atomic mass is 79.9. The average molecular weight is 312 g/mol. The normalized spacial score (nSPS) is 14.9. The molecule has 0 spiro atoms. The van der Waals surface area contributed by atoms with Gasteiger partial charge >= 0.3 is 5.97 Å². The van der Waals surface area contributed by atoms with Gasteiger partial charge in [-0.05, 0) is 52.9 Å². The van der Waals surface area contributed by atoms with Crippen LogP contribution >= 0.6 is 15.9 Å². The van der Waals surface area contributed by atoms with Crippen molar-refractivity contribution >= 4 is 27.6 Å². The molecule has 0 bridgehead atoms. The lowest BCUT2D eigenvalue weighted by Gasteiger charge is -2.27. The number of aromatic carboxylic acids is 1. The molecule has 0 aromatic heterocycles. The molecule has 3 nitrogen and oxygen atoms in total. The summed E-state index contributed by atoms with van der Waals surface area (Å²) >= 11 is 3.34. The van der Waals surface area contributed by atoms with E-state index in [2.05, 4.69) is 34.7 Å². The summed E-state index contributed by atoms with van der Waals surface area (Å²) in [5.74, 6) is -0.293. The van der Waals surface area contributed by atoms with Gasteiger partial charge in [0.25, 0.3) is 0 Å². The van der Waals surface area contributed by atoms with Crippen LogP contribution in [0.2, 0.25) is 0 Å². The first-order chi connectivity index (χ1) is 8.49. The fourth-order valence-electron chi connectivity index (χ4n) is 2.10. The van der Waals surface area contributed by atoms with Crippen molar-refractivity contribution in [1.29, 1.82) is 0 Å². The number of carboxylic acids is 1. The largest absolute Gasteiger partial charge is 0.478 e. The molecule has 0 unspecified atom stereocenters. The summed E-state index contributed by atoms with van der Waals surface area (Å²) in [5, 5.41) is 9.02. The van der Waals surface area contributed by atoms with E-state index in [-0.39, 0.29) is 0 Å². The van der Waals surface area contributed by atoms with Gasteiger partial charge in [-0.15, -0.1) is 0 Å². The van der Waals surface area contributed by atoms with Crippen LogP contribution in [0.3, 0.4) is 0 Å². The Bertz CT molecular complexity index is 455. The molecule has 0 aliphatic heterocycles. The number of carbonyl (C=O) groups is 1. The molecule has 1 N–H and O–H groups in total. The average Bonchev–Trinajstić information content (AvgIpc) is 3.08. The van der Waals surface area contributed by atoms with Crippen molar-refractivity contribution in [3.63, 3.8) is 0 Å². The van der Waals surface area contributed by atoms with E-state index in [1.54, 1.807) is 6.07 Å². The smallest absolute Gasteiger partial charge is 0.336 e. The SMILES string of the molecule is CC(C)CN(c1ccc(C(=O)O)c(Br)c1)C1CC1. The second-order valence-corrected chi connectivity index (χ2v) is 6.10. The van der Waals surface area contributed by atoms with Crippen molar-refractivity contribution in [2.75, 3.05) is 11.4 Å². The Labute approximate surface area is 116 Å². The van der Waals surface area contributed by atoms with Crippen LogP contribution in [0.4, 0.5) is 5.69 Å².